The zero-order valence-corrected chi connectivity index (χ0v) is 23.2. The summed E-state index contributed by atoms with van der Waals surface area (Å²) in [6, 6.07) is 15.1. The molecule has 0 amide bonds. The first-order valence-electron chi connectivity index (χ1n) is 13.0. The molecule has 7 heteroatoms. The first-order chi connectivity index (χ1) is 18.4. The van der Waals surface area contributed by atoms with Crippen LogP contribution in [0.25, 0.3) is 6.08 Å². The van der Waals surface area contributed by atoms with Gasteiger partial charge in [0.05, 0.1) is 28.5 Å². The molecule has 1 aliphatic heterocycles. The highest BCUT2D eigenvalue weighted by molar-refractivity contribution is 7.07. The van der Waals surface area contributed by atoms with Crippen LogP contribution in [0.5, 0.6) is 5.75 Å². The Bertz CT molecular complexity index is 1510. The van der Waals surface area contributed by atoms with Gasteiger partial charge in [-0.25, -0.2) is 9.79 Å². The molecule has 38 heavy (non-hydrogen) atoms. The fourth-order valence-electron chi connectivity index (χ4n) is 4.47. The van der Waals surface area contributed by atoms with Gasteiger partial charge in [-0.3, -0.25) is 9.36 Å². The molecule has 1 aromatic heterocycles. The molecule has 3 aromatic rings. The van der Waals surface area contributed by atoms with Gasteiger partial charge in [0.2, 0.25) is 0 Å². The Morgan fingerprint density at radius 1 is 1.13 bits per heavy atom. The van der Waals surface area contributed by atoms with Crippen LogP contribution in [0.15, 0.2) is 82.2 Å². The number of hydrogen-bond acceptors (Lipinski definition) is 6. The summed E-state index contributed by atoms with van der Waals surface area (Å²) in [5.41, 5.74) is 3.86. The maximum Gasteiger partial charge on any atom is 0.338 e. The highest BCUT2D eigenvalue weighted by Crippen LogP contribution is 2.33. The number of carbonyl (C=O) groups is 1. The van der Waals surface area contributed by atoms with Crippen LogP contribution in [0, 0.1) is 0 Å². The van der Waals surface area contributed by atoms with Gasteiger partial charge < -0.3 is 9.47 Å². The Balaban J connectivity index is 1.88. The van der Waals surface area contributed by atoms with Gasteiger partial charge in [-0.1, -0.05) is 87.6 Å². The second kappa shape index (κ2) is 12.2. The van der Waals surface area contributed by atoms with Crippen molar-refractivity contribution in [1.29, 1.82) is 0 Å². The van der Waals surface area contributed by atoms with E-state index in [1.54, 1.807) is 17.6 Å². The molecule has 1 aliphatic rings. The van der Waals surface area contributed by atoms with E-state index in [2.05, 4.69) is 39.5 Å². The number of carbonyl (C=O) groups excluding carboxylic acids is 1. The van der Waals surface area contributed by atoms with E-state index in [1.807, 2.05) is 42.5 Å². The van der Waals surface area contributed by atoms with E-state index >= 15 is 0 Å². The van der Waals surface area contributed by atoms with Crippen molar-refractivity contribution < 1.29 is 14.3 Å². The van der Waals surface area contributed by atoms with Crippen LogP contribution in [0.3, 0.4) is 0 Å². The number of ether oxygens (including phenoxy) is 2. The molecule has 0 spiro atoms. The van der Waals surface area contributed by atoms with Crippen molar-refractivity contribution in [3.05, 3.63) is 109 Å². The van der Waals surface area contributed by atoms with Crippen LogP contribution < -0.4 is 19.6 Å². The highest BCUT2D eigenvalue weighted by Gasteiger charge is 2.34. The number of allylic oxidation sites excluding steroid dienone is 1. The molecule has 4 rings (SSSR count). The smallest absolute Gasteiger partial charge is 0.338 e. The molecular formula is C31H34N2O4S. The topological polar surface area (TPSA) is 69.9 Å². The molecule has 0 aliphatic carbocycles. The van der Waals surface area contributed by atoms with Crippen LogP contribution in [-0.4, -0.2) is 23.8 Å². The van der Waals surface area contributed by atoms with Crippen molar-refractivity contribution in [3.63, 3.8) is 0 Å². The fraction of sp³-hybridized carbons (Fsp3) is 0.323. The quantitative estimate of drug-likeness (QED) is 0.265. The molecule has 0 N–H and O–H groups in total. The lowest BCUT2D eigenvalue weighted by atomic mass is 9.92. The lowest BCUT2D eigenvalue weighted by Gasteiger charge is -2.26. The zero-order chi connectivity index (χ0) is 27.2. The third kappa shape index (κ3) is 5.73. The van der Waals surface area contributed by atoms with Gasteiger partial charge in [0.15, 0.2) is 4.80 Å². The number of thiazole rings is 1. The number of hydrogen-bond donors (Lipinski definition) is 0. The molecule has 198 valence electrons. The van der Waals surface area contributed by atoms with Gasteiger partial charge in [0, 0.05) is 0 Å². The molecule has 1 atom stereocenters. The molecule has 0 saturated carbocycles. The Morgan fingerprint density at radius 2 is 1.84 bits per heavy atom. The van der Waals surface area contributed by atoms with Crippen LogP contribution >= 0.6 is 11.3 Å². The lowest BCUT2D eigenvalue weighted by molar-refractivity contribution is -0.139. The van der Waals surface area contributed by atoms with Crippen molar-refractivity contribution in [1.82, 2.24) is 4.57 Å². The Labute approximate surface area is 227 Å². The second-order valence-corrected chi connectivity index (χ2v) is 10.4. The van der Waals surface area contributed by atoms with E-state index < -0.39 is 12.0 Å². The first-order valence-corrected chi connectivity index (χ1v) is 13.8. The van der Waals surface area contributed by atoms with E-state index in [-0.39, 0.29) is 12.2 Å². The molecular weight excluding hydrogens is 496 g/mol. The molecule has 0 radical (unpaired) electrons. The van der Waals surface area contributed by atoms with Gasteiger partial charge in [-0.15, -0.1) is 0 Å². The monoisotopic (exact) mass is 530 g/mol. The maximum atomic E-state index is 13.8. The van der Waals surface area contributed by atoms with Crippen molar-refractivity contribution in [3.8, 4) is 5.75 Å². The lowest BCUT2D eigenvalue weighted by Crippen LogP contribution is -2.40. The van der Waals surface area contributed by atoms with Gasteiger partial charge in [0.25, 0.3) is 5.56 Å². The minimum atomic E-state index is -0.607. The van der Waals surface area contributed by atoms with Crippen LogP contribution in [-0.2, 0) is 9.53 Å². The van der Waals surface area contributed by atoms with Gasteiger partial charge in [0.1, 0.15) is 12.4 Å². The standard InChI is InChI=1S/C31H34N2O4S/c1-6-9-25-27(30(35)36-8-3)28(23-14-12-22(13-15-23)20(4)5)33-29(34)26(38-31(33)32-25)19-21-10-16-24(17-11-21)37-18-7-2/h7,10-17,19-20,28H,2,6,8-9,18H2,1,3-5H3/b26-19-/t28-/m0/s1. The molecule has 0 saturated heterocycles. The summed E-state index contributed by atoms with van der Waals surface area (Å²) < 4.78 is 13.2. The second-order valence-electron chi connectivity index (χ2n) is 9.40. The largest absolute Gasteiger partial charge is 0.490 e. The normalized spacial score (nSPS) is 15.3. The number of esters is 1. The van der Waals surface area contributed by atoms with Crippen molar-refractivity contribution in [2.45, 2.75) is 52.5 Å². The summed E-state index contributed by atoms with van der Waals surface area (Å²) in [5, 5.41) is 0. The number of benzene rings is 2. The maximum absolute atomic E-state index is 13.8. The fourth-order valence-corrected chi connectivity index (χ4v) is 5.49. The summed E-state index contributed by atoms with van der Waals surface area (Å²) in [7, 11) is 0. The minimum absolute atomic E-state index is 0.184. The van der Waals surface area contributed by atoms with Crippen molar-refractivity contribution in [2.24, 2.45) is 4.99 Å². The van der Waals surface area contributed by atoms with E-state index in [1.165, 1.54) is 16.9 Å². The molecule has 6 nitrogen and oxygen atoms in total. The molecule has 0 unspecified atom stereocenters. The highest BCUT2D eigenvalue weighted by atomic mass is 32.1. The molecule has 0 bridgehead atoms. The first kappa shape index (κ1) is 27.3. The molecule has 2 aromatic carbocycles. The SMILES string of the molecule is C=CCOc1ccc(/C=c2\sc3n(c2=O)[C@@H](c2ccc(C(C)C)cc2)C(C(=O)OCC)=C(CCC)N=3)cc1. The van der Waals surface area contributed by atoms with Crippen LogP contribution in [0.2, 0.25) is 0 Å². The third-order valence-electron chi connectivity index (χ3n) is 6.36. The summed E-state index contributed by atoms with van der Waals surface area (Å²) in [6.45, 7) is 12.5. The Kier molecular flexibility index (Phi) is 8.79. The average Bonchev–Trinajstić information content (AvgIpc) is 3.22. The Hall–Kier alpha value is -3.71. The number of fused-ring (bicyclic) bond motifs is 1. The predicted octanol–water partition coefficient (Wildman–Crippen LogP) is 5.27. The summed E-state index contributed by atoms with van der Waals surface area (Å²) in [6.07, 6.45) is 4.98. The zero-order valence-electron chi connectivity index (χ0n) is 22.4. The number of nitrogens with zero attached hydrogens (tertiary/aromatic N) is 2. The van der Waals surface area contributed by atoms with E-state index in [0.29, 0.717) is 39.5 Å². The predicted molar refractivity (Wildman–Crippen MR) is 152 cm³/mol. The van der Waals surface area contributed by atoms with Crippen LogP contribution in [0.4, 0.5) is 0 Å². The molecule has 0 fully saturated rings. The van der Waals surface area contributed by atoms with Gasteiger partial charge >= 0.3 is 5.97 Å². The summed E-state index contributed by atoms with van der Waals surface area (Å²) in [4.78, 5) is 32.5. The minimum Gasteiger partial charge on any atom is -0.490 e. The van der Waals surface area contributed by atoms with E-state index in [0.717, 1.165) is 23.3 Å². The van der Waals surface area contributed by atoms with Gasteiger partial charge in [-0.2, -0.15) is 0 Å². The van der Waals surface area contributed by atoms with Crippen molar-refractivity contribution in [2.75, 3.05) is 13.2 Å². The van der Waals surface area contributed by atoms with Crippen molar-refractivity contribution >= 4 is 23.4 Å². The number of rotatable bonds is 10. The van der Waals surface area contributed by atoms with E-state index in [4.69, 9.17) is 14.5 Å². The Morgan fingerprint density at radius 3 is 2.45 bits per heavy atom. The summed E-state index contributed by atoms with van der Waals surface area (Å²) >= 11 is 1.34. The average molecular weight is 531 g/mol. The number of aromatic nitrogens is 1. The third-order valence-corrected chi connectivity index (χ3v) is 7.34. The van der Waals surface area contributed by atoms with Gasteiger partial charge in [-0.05, 0) is 54.2 Å². The summed E-state index contributed by atoms with van der Waals surface area (Å²) in [5.74, 6) is 0.675. The molecule has 2 heterocycles. The van der Waals surface area contributed by atoms with Crippen LogP contribution in [0.1, 0.15) is 69.2 Å². The van der Waals surface area contributed by atoms with E-state index in [9.17, 15) is 9.59 Å².